The van der Waals surface area contributed by atoms with Crippen LogP contribution in [0.15, 0.2) is 30.6 Å². The Kier molecular flexibility index (Phi) is 5.98. The summed E-state index contributed by atoms with van der Waals surface area (Å²) in [6, 6.07) is 6.47. The van der Waals surface area contributed by atoms with E-state index in [1.807, 2.05) is 23.1 Å². The van der Waals surface area contributed by atoms with Gasteiger partial charge in [0.15, 0.2) is 0 Å². The van der Waals surface area contributed by atoms with E-state index in [1.165, 1.54) is 9.87 Å². The quantitative estimate of drug-likeness (QED) is 0.759. The minimum absolute atomic E-state index is 0.281. The molecule has 8 heteroatoms. The summed E-state index contributed by atoms with van der Waals surface area (Å²) >= 11 is 0. The number of hydrogen-bond donors (Lipinski definition) is 0. The van der Waals surface area contributed by atoms with Crippen LogP contribution in [0.25, 0.3) is 11.4 Å². The van der Waals surface area contributed by atoms with Crippen molar-refractivity contribution in [1.29, 1.82) is 0 Å². The molecule has 0 aromatic carbocycles. The molecule has 0 atom stereocenters. The molecule has 0 unspecified atom stereocenters. The average molecular weight is 392 g/mol. The fraction of sp³-hybridized carbons (Fsp3) is 0.579. The van der Waals surface area contributed by atoms with E-state index in [-0.39, 0.29) is 6.04 Å². The van der Waals surface area contributed by atoms with E-state index in [1.54, 1.807) is 18.4 Å². The second kappa shape index (κ2) is 8.08. The van der Waals surface area contributed by atoms with Crippen molar-refractivity contribution in [2.45, 2.75) is 39.2 Å². The molecule has 1 saturated heterocycles. The third kappa shape index (κ3) is 4.39. The zero-order chi connectivity index (χ0) is 19.6. The number of aromatic nitrogens is 3. The minimum atomic E-state index is -3.30. The molecule has 0 aliphatic carbocycles. The summed E-state index contributed by atoms with van der Waals surface area (Å²) in [6.45, 7) is 5.39. The largest absolute Gasteiger partial charge is 0.281 e. The van der Waals surface area contributed by atoms with Crippen molar-refractivity contribution >= 4 is 10.2 Å². The average Bonchev–Trinajstić information content (AvgIpc) is 3.12. The molecule has 0 amide bonds. The Balaban J connectivity index is 1.67. The van der Waals surface area contributed by atoms with Gasteiger partial charge >= 0.3 is 0 Å². The molecule has 1 aliphatic heterocycles. The highest BCUT2D eigenvalue weighted by Gasteiger charge is 2.29. The lowest BCUT2D eigenvalue weighted by atomic mass is 9.91. The van der Waals surface area contributed by atoms with E-state index in [0.29, 0.717) is 19.0 Å². The van der Waals surface area contributed by atoms with Crippen molar-refractivity contribution in [3.8, 4) is 11.4 Å². The molecule has 7 nitrogen and oxygen atoms in total. The third-order valence-corrected chi connectivity index (χ3v) is 7.07. The van der Waals surface area contributed by atoms with Crippen LogP contribution >= 0.6 is 0 Å². The first-order valence-electron chi connectivity index (χ1n) is 9.45. The Morgan fingerprint density at radius 2 is 1.89 bits per heavy atom. The van der Waals surface area contributed by atoms with Gasteiger partial charge in [-0.3, -0.25) is 9.67 Å². The standard InChI is InChI=1S/C19H29N5O2S/c1-15(2)24-19(6-10-21-24)18-14-17(5-9-20-18)13-16-7-11-23(12-8-16)27(25,26)22(3)4/h5-6,9-10,14-16H,7-8,11-13H2,1-4H3. The van der Waals surface area contributed by atoms with Crippen LogP contribution in [0.2, 0.25) is 0 Å². The lowest BCUT2D eigenvalue weighted by Gasteiger charge is -2.32. The lowest BCUT2D eigenvalue weighted by Crippen LogP contribution is -2.44. The summed E-state index contributed by atoms with van der Waals surface area (Å²) < 4.78 is 29.4. The van der Waals surface area contributed by atoms with Gasteiger partial charge in [0.25, 0.3) is 10.2 Å². The zero-order valence-corrected chi connectivity index (χ0v) is 17.4. The summed E-state index contributed by atoms with van der Waals surface area (Å²) in [4.78, 5) is 4.53. The van der Waals surface area contributed by atoms with Gasteiger partial charge in [0.1, 0.15) is 0 Å². The molecule has 3 rings (SSSR count). The van der Waals surface area contributed by atoms with Gasteiger partial charge in [-0.1, -0.05) is 0 Å². The van der Waals surface area contributed by atoms with Crippen molar-refractivity contribution in [3.63, 3.8) is 0 Å². The molecule has 0 radical (unpaired) electrons. The van der Waals surface area contributed by atoms with E-state index in [2.05, 4.69) is 36.1 Å². The molecule has 27 heavy (non-hydrogen) atoms. The molecule has 3 heterocycles. The van der Waals surface area contributed by atoms with Crippen LogP contribution in [0.4, 0.5) is 0 Å². The van der Waals surface area contributed by atoms with E-state index >= 15 is 0 Å². The van der Waals surface area contributed by atoms with E-state index < -0.39 is 10.2 Å². The van der Waals surface area contributed by atoms with Gasteiger partial charge in [-0.2, -0.15) is 22.1 Å². The smallest absolute Gasteiger partial charge is 0.261 e. The molecule has 2 aromatic rings. The fourth-order valence-electron chi connectivity index (χ4n) is 3.58. The van der Waals surface area contributed by atoms with Crippen LogP contribution in [-0.4, -0.2) is 59.0 Å². The number of piperidine rings is 1. The first-order chi connectivity index (χ1) is 12.8. The van der Waals surface area contributed by atoms with E-state index in [9.17, 15) is 8.42 Å². The van der Waals surface area contributed by atoms with Crippen LogP contribution in [0.5, 0.6) is 0 Å². The fourth-order valence-corrected chi connectivity index (χ4v) is 4.71. The van der Waals surface area contributed by atoms with Gasteiger partial charge in [-0.25, -0.2) is 0 Å². The maximum Gasteiger partial charge on any atom is 0.281 e. The van der Waals surface area contributed by atoms with Crippen LogP contribution in [0.3, 0.4) is 0 Å². The Hall–Kier alpha value is -1.77. The Morgan fingerprint density at radius 3 is 2.52 bits per heavy atom. The SMILES string of the molecule is CC(C)n1nccc1-c1cc(CC2CCN(S(=O)(=O)N(C)C)CC2)ccn1. The molecular weight excluding hydrogens is 362 g/mol. The molecule has 1 fully saturated rings. The summed E-state index contributed by atoms with van der Waals surface area (Å²) in [5, 5.41) is 4.39. The van der Waals surface area contributed by atoms with Crippen molar-refractivity contribution < 1.29 is 8.42 Å². The Bertz CT molecular complexity index is 868. The van der Waals surface area contributed by atoms with Crippen LogP contribution in [-0.2, 0) is 16.6 Å². The van der Waals surface area contributed by atoms with Gasteiger partial charge in [-0.05, 0) is 62.8 Å². The normalized spacial score (nSPS) is 17.1. The molecule has 0 bridgehead atoms. The summed E-state index contributed by atoms with van der Waals surface area (Å²) in [5.74, 6) is 0.490. The number of pyridine rings is 1. The first-order valence-corrected chi connectivity index (χ1v) is 10.8. The van der Waals surface area contributed by atoms with Crippen molar-refractivity contribution in [1.82, 2.24) is 23.4 Å². The Labute approximate surface area is 162 Å². The Morgan fingerprint density at radius 1 is 1.19 bits per heavy atom. The van der Waals surface area contributed by atoms with Crippen molar-refractivity contribution in [2.75, 3.05) is 27.2 Å². The topological polar surface area (TPSA) is 71.3 Å². The number of rotatable bonds is 6. The molecule has 0 saturated carbocycles. The number of hydrogen-bond acceptors (Lipinski definition) is 4. The third-order valence-electron chi connectivity index (χ3n) is 5.13. The first kappa shape index (κ1) is 20.0. The van der Waals surface area contributed by atoms with Gasteiger partial charge < -0.3 is 0 Å². The predicted octanol–water partition coefficient (Wildman–Crippen LogP) is 2.59. The second-order valence-electron chi connectivity index (χ2n) is 7.64. The minimum Gasteiger partial charge on any atom is -0.261 e. The van der Waals surface area contributed by atoms with E-state index in [4.69, 9.17) is 0 Å². The predicted molar refractivity (Wildman–Crippen MR) is 106 cm³/mol. The summed E-state index contributed by atoms with van der Waals surface area (Å²) in [5.41, 5.74) is 3.20. The zero-order valence-electron chi connectivity index (χ0n) is 16.5. The number of nitrogens with zero attached hydrogens (tertiary/aromatic N) is 5. The lowest BCUT2D eigenvalue weighted by molar-refractivity contribution is 0.262. The van der Waals surface area contributed by atoms with Crippen molar-refractivity contribution in [2.24, 2.45) is 5.92 Å². The molecule has 2 aromatic heterocycles. The molecule has 148 valence electrons. The molecule has 0 spiro atoms. The highest BCUT2D eigenvalue weighted by Crippen LogP contribution is 2.26. The van der Waals surface area contributed by atoms with Gasteiger partial charge in [-0.15, -0.1) is 0 Å². The van der Waals surface area contributed by atoms with Crippen LogP contribution in [0, 0.1) is 5.92 Å². The second-order valence-corrected chi connectivity index (χ2v) is 9.78. The monoisotopic (exact) mass is 391 g/mol. The highest BCUT2D eigenvalue weighted by atomic mass is 32.2. The van der Waals surface area contributed by atoms with Crippen LogP contribution in [0.1, 0.15) is 38.3 Å². The molecule has 0 N–H and O–H groups in total. The highest BCUT2D eigenvalue weighted by molar-refractivity contribution is 7.86. The van der Waals surface area contributed by atoms with Gasteiger partial charge in [0.05, 0.1) is 11.4 Å². The summed E-state index contributed by atoms with van der Waals surface area (Å²) in [7, 11) is -0.128. The van der Waals surface area contributed by atoms with Gasteiger partial charge in [0, 0.05) is 45.6 Å². The molecule has 1 aliphatic rings. The van der Waals surface area contributed by atoms with Gasteiger partial charge in [0.2, 0.25) is 0 Å². The maximum atomic E-state index is 12.2. The summed E-state index contributed by atoms with van der Waals surface area (Å²) in [6.07, 6.45) is 6.38. The maximum absolute atomic E-state index is 12.2. The molecular formula is C19H29N5O2S. The van der Waals surface area contributed by atoms with Crippen LogP contribution < -0.4 is 0 Å². The van der Waals surface area contributed by atoms with Crippen molar-refractivity contribution in [3.05, 3.63) is 36.2 Å². The van der Waals surface area contributed by atoms with E-state index in [0.717, 1.165) is 30.7 Å².